The third-order valence-electron chi connectivity index (χ3n) is 2.54. The van der Waals surface area contributed by atoms with Crippen molar-refractivity contribution in [3.63, 3.8) is 0 Å². The van der Waals surface area contributed by atoms with E-state index in [0.717, 1.165) is 29.3 Å². The van der Waals surface area contributed by atoms with Crippen molar-refractivity contribution in [2.24, 2.45) is 0 Å². The first kappa shape index (κ1) is 10.8. The topological polar surface area (TPSA) is 20.2 Å². The molecule has 1 atom stereocenters. The summed E-state index contributed by atoms with van der Waals surface area (Å²) in [4.78, 5) is 0. The van der Waals surface area contributed by atoms with E-state index in [1.54, 1.807) is 0 Å². The predicted molar refractivity (Wildman–Crippen MR) is 61.1 cm³/mol. The lowest BCUT2D eigenvalue weighted by Gasteiger charge is -2.03. The molecule has 3 heteroatoms. The number of hydrogen-bond donors (Lipinski definition) is 1. The summed E-state index contributed by atoms with van der Waals surface area (Å²) in [6.45, 7) is 0. The van der Waals surface area contributed by atoms with E-state index < -0.39 is 0 Å². The summed E-state index contributed by atoms with van der Waals surface area (Å²) >= 11 is 3.27. The van der Waals surface area contributed by atoms with Crippen LogP contribution in [-0.4, -0.2) is 11.2 Å². The van der Waals surface area contributed by atoms with E-state index in [9.17, 15) is 9.50 Å². The molecule has 2 rings (SSSR count). The SMILES string of the molecule is OC1C=C(Cc2cc(F)cc(Br)c2)CC1. The van der Waals surface area contributed by atoms with Gasteiger partial charge in [-0.2, -0.15) is 0 Å². The Balaban J connectivity index is 2.14. The molecule has 1 aliphatic carbocycles. The number of halogens is 2. The smallest absolute Gasteiger partial charge is 0.124 e. The van der Waals surface area contributed by atoms with Gasteiger partial charge in [-0.15, -0.1) is 0 Å². The lowest BCUT2D eigenvalue weighted by Crippen LogP contribution is -1.93. The Hall–Kier alpha value is -0.670. The van der Waals surface area contributed by atoms with Crippen molar-refractivity contribution in [2.75, 3.05) is 0 Å². The zero-order valence-electron chi connectivity index (χ0n) is 8.21. The molecule has 0 amide bonds. The van der Waals surface area contributed by atoms with E-state index in [0.29, 0.717) is 0 Å². The van der Waals surface area contributed by atoms with Gasteiger partial charge in [0.05, 0.1) is 6.10 Å². The molecule has 1 aromatic rings. The lowest BCUT2D eigenvalue weighted by molar-refractivity contribution is 0.223. The van der Waals surface area contributed by atoms with E-state index in [4.69, 9.17) is 0 Å². The molecule has 0 radical (unpaired) electrons. The van der Waals surface area contributed by atoms with E-state index in [-0.39, 0.29) is 11.9 Å². The van der Waals surface area contributed by atoms with Gasteiger partial charge in [-0.1, -0.05) is 27.6 Å². The van der Waals surface area contributed by atoms with Crippen molar-refractivity contribution in [2.45, 2.75) is 25.4 Å². The first-order valence-electron chi connectivity index (χ1n) is 4.96. The summed E-state index contributed by atoms with van der Waals surface area (Å²) < 4.78 is 13.8. The molecule has 0 aromatic heterocycles. The van der Waals surface area contributed by atoms with Crippen LogP contribution in [-0.2, 0) is 6.42 Å². The van der Waals surface area contributed by atoms with Gasteiger partial charge in [0.2, 0.25) is 0 Å². The molecule has 0 heterocycles. The second kappa shape index (κ2) is 4.45. The highest BCUT2D eigenvalue weighted by Crippen LogP contribution is 2.24. The van der Waals surface area contributed by atoms with E-state index in [2.05, 4.69) is 15.9 Å². The molecule has 0 saturated heterocycles. The van der Waals surface area contributed by atoms with Gasteiger partial charge >= 0.3 is 0 Å². The van der Waals surface area contributed by atoms with Gasteiger partial charge in [0.15, 0.2) is 0 Å². The summed E-state index contributed by atoms with van der Waals surface area (Å²) in [5.41, 5.74) is 2.14. The van der Waals surface area contributed by atoms with Crippen LogP contribution in [0.25, 0.3) is 0 Å². The van der Waals surface area contributed by atoms with Crippen LogP contribution < -0.4 is 0 Å². The fraction of sp³-hybridized carbons (Fsp3) is 0.333. The lowest BCUT2D eigenvalue weighted by atomic mass is 10.1. The first-order valence-corrected chi connectivity index (χ1v) is 5.75. The minimum atomic E-state index is -0.308. The largest absolute Gasteiger partial charge is 0.389 e. The second-order valence-electron chi connectivity index (χ2n) is 3.89. The summed E-state index contributed by atoms with van der Waals surface area (Å²) in [6, 6.07) is 4.90. The molecule has 1 aromatic carbocycles. The molecule has 0 spiro atoms. The maximum atomic E-state index is 13.1. The molecular formula is C12H12BrFO. The minimum Gasteiger partial charge on any atom is -0.389 e. The maximum Gasteiger partial charge on any atom is 0.124 e. The molecule has 0 aliphatic heterocycles. The zero-order valence-corrected chi connectivity index (χ0v) is 9.80. The van der Waals surface area contributed by atoms with Crippen molar-refractivity contribution >= 4 is 15.9 Å². The van der Waals surface area contributed by atoms with Gasteiger partial charge in [-0.3, -0.25) is 0 Å². The van der Waals surface area contributed by atoms with Crippen LogP contribution in [0.2, 0.25) is 0 Å². The standard InChI is InChI=1S/C12H12BrFO/c13-10-4-9(5-11(14)7-10)3-8-1-2-12(15)6-8/h4-7,12,15H,1-3H2. The van der Waals surface area contributed by atoms with Crippen LogP contribution in [0, 0.1) is 5.82 Å². The van der Waals surface area contributed by atoms with Crippen LogP contribution >= 0.6 is 15.9 Å². The van der Waals surface area contributed by atoms with E-state index in [1.165, 1.54) is 17.7 Å². The van der Waals surface area contributed by atoms with Gasteiger partial charge in [0.1, 0.15) is 5.82 Å². The molecule has 1 nitrogen and oxygen atoms in total. The Morgan fingerprint density at radius 2 is 2.20 bits per heavy atom. The zero-order chi connectivity index (χ0) is 10.8. The van der Waals surface area contributed by atoms with Gasteiger partial charge < -0.3 is 5.11 Å². The Morgan fingerprint density at radius 1 is 1.40 bits per heavy atom. The quantitative estimate of drug-likeness (QED) is 0.819. The highest BCUT2D eigenvalue weighted by Gasteiger charge is 2.13. The first-order chi connectivity index (χ1) is 7.13. The Morgan fingerprint density at radius 3 is 2.80 bits per heavy atom. The highest BCUT2D eigenvalue weighted by atomic mass is 79.9. The maximum absolute atomic E-state index is 13.1. The fourth-order valence-electron chi connectivity index (χ4n) is 1.89. The third-order valence-corrected chi connectivity index (χ3v) is 3.00. The van der Waals surface area contributed by atoms with Crippen molar-refractivity contribution < 1.29 is 9.50 Å². The van der Waals surface area contributed by atoms with Crippen LogP contribution in [0.3, 0.4) is 0 Å². The molecular weight excluding hydrogens is 259 g/mol. The number of allylic oxidation sites excluding steroid dienone is 1. The Labute approximate surface area is 96.8 Å². The molecule has 0 fully saturated rings. The van der Waals surface area contributed by atoms with Gasteiger partial charge in [0.25, 0.3) is 0 Å². The number of benzene rings is 1. The summed E-state index contributed by atoms with van der Waals surface area (Å²) in [6.07, 6.45) is 4.00. The number of aliphatic hydroxyl groups is 1. The third kappa shape index (κ3) is 2.89. The summed E-state index contributed by atoms with van der Waals surface area (Å²) in [5.74, 6) is -0.224. The molecule has 1 aliphatic rings. The Kier molecular flexibility index (Phi) is 3.22. The second-order valence-corrected chi connectivity index (χ2v) is 4.80. The Bertz CT molecular complexity index is 380. The van der Waals surface area contributed by atoms with E-state index in [1.807, 2.05) is 12.1 Å². The summed E-state index contributed by atoms with van der Waals surface area (Å²) in [7, 11) is 0. The van der Waals surface area contributed by atoms with Crippen LogP contribution in [0.15, 0.2) is 34.3 Å². The van der Waals surface area contributed by atoms with Crippen molar-refractivity contribution in [3.05, 3.63) is 45.7 Å². The average Bonchev–Trinajstić information content (AvgIpc) is 2.49. The van der Waals surface area contributed by atoms with Crippen LogP contribution in [0.5, 0.6) is 0 Å². The van der Waals surface area contributed by atoms with Crippen LogP contribution in [0.4, 0.5) is 4.39 Å². The summed E-state index contributed by atoms with van der Waals surface area (Å²) in [5, 5.41) is 9.33. The van der Waals surface area contributed by atoms with Crippen LogP contribution in [0.1, 0.15) is 18.4 Å². The number of aliphatic hydroxyl groups excluding tert-OH is 1. The van der Waals surface area contributed by atoms with Crippen molar-refractivity contribution in [3.8, 4) is 0 Å². The van der Waals surface area contributed by atoms with Crippen molar-refractivity contribution in [1.82, 2.24) is 0 Å². The molecule has 15 heavy (non-hydrogen) atoms. The van der Waals surface area contributed by atoms with E-state index >= 15 is 0 Å². The normalized spacial score (nSPS) is 20.5. The van der Waals surface area contributed by atoms with Gasteiger partial charge in [0, 0.05) is 4.47 Å². The molecule has 0 bridgehead atoms. The number of rotatable bonds is 2. The van der Waals surface area contributed by atoms with Gasteiger partial charge in [-0.25, -0.2) is 4.39 Å². The molecule has 1 N–H and O–H groups in total. The minimum absolute atomic E-state index is 0.224. The highest BCUT2D eigenvalue weighted by molar-refractivity contribution is 9.10. The van der Waals surface area contributed by atoms with Gasteiger partial charge in [-0.05, 0) is 43.0 Å². The monoisotopic (exact) mass is 270 g/mol. The average molecular weight is 271 g/mol. The number of hydrogen-bond acceptors (Lipinski definition) is 1. The molecule has 1 unspecified atom stereocenters. The predicted octanol–water partition coefficient (Wildman–Crippen LogP) is 3.21. The molecule has 0 saturated carbocycles. The molecule has 80 valence electrons. The fourth-order valence-corrected chi connectivity index (χ4v) is 2.41. The van der Waals surface area contributed by atoms with Crippen molar-refractivity contribution in [1.29, 1.82) is 0 Å².